The highest BCUT2D eigenvalue weighted by atomic mass is 32.1. The molecule has 0 radical (unpaired) electrons. The average Bonchev–Trinajstić information content (AvgIpc) is 2.86. The van der Waals surface area contributed by atoms with Crippen molar-refractivity contribution < 1.29 is 13.2 Å². The van der Waals surface area contributed by atoms with Gasteiger partial charge in [-0.3, -0.25) is 0 Å². The number of rotatable bonds is 4. The van der Waals surface area contributed by atoms with Crippen molar-refractivity contribution in [3.8, 4) is 0 Å². The Morgan fingerprint density at radius 1 is 1.30 bits per heavy atom. The smallest absolute Gasteiger partial charge is 0.330 e. The number of thiazole rings is 1. The van der Waals surface area contributed by atoms with Crippen molar-refractivity contribution >= 4 is 11.3 Å². The molecule has 0 spiro atoms. The molecule has 1 atom stereocenters. The van der Waals surface area contributed by atoms with Crippen LogP contribution in [0, 0.1) is 0 Å². The van der Waals surface area contributed by atoms with E-state index in [1.54, 1.807) is 12.3 Å². The molecule has 0 fully saturated rings. The van der Waals surface area contributed by atoms with Gasteiger partial charge in [-0.1, -0.05) is 25.1 Å². The van der Waals surface area contributed by atoms with Gasteiger partial charge in [0.25, 0.3) is 0 Å². The second kappa shape index (κ2) is 5.93. The van der Waals surface area contributed by atoms with Crippen LogP contribution in [-0.2, 0) is 12.6 Å². The Kier molecular flexibility index (Phi) is 4.45. The molecule has 2 N–H and O–H groups in total. The van der Waals surface area contributed by atoms with Gasteiger partial charge in [0.1, 0.15) is 0 Å². The fourth-order valence-corrected chi connectivity index (χ4v) is 2.87. The molecule has 0 bridgehead atoms. The number of hydrogen-bond acceptors (Lipinski definition) is 3. The van der Waals surface area contributed by atoms with Crippen molar-refractivity contribution in [1.29, 1.82) is 0 Å². The molecular weight excluding hydrogens is 285 g/mol. The number of nitrogens with two attached hydrogens (primary N) is 1. The zero-order valence-corrected chi connectivity index (χ0v) is 11.8. The van der Waals surface area contributed by atoms with E-state index in [9.17, 15) is 13.2 Å². The SMILES string of the molecule is CC(CN)c1cnc(Cc2ccccc2C(F)(F)F)s1. The van der Waals surface area contributed by atoms with Crippen LogP contribution in [0.2, 0.25) is 0 Å². The summed E-state index contributed by atoms with van der Waals surface area (Å²) in [7, 11) is 0. The molecule has 0 saturated carbocycles. The fraction of sp³-hybridized carbons (Fsp3) is 0.357. The summed E-state index contributed by atoms with van der Waals surface area (Å²) in [6.07, 6.45) is -2.44. The highest BCUT2D eigenvalue weighted by Gasteiger charge is 2.32. The summed E-state index contributed by atoms with van der Waals surface area (Å²) < 4.78 is 38.7. The summed E-state index contributed by atoms with van der Waals surface area (Å²) >= 11 is 1.42. The van der Waals surface area contributed by atoms with E-state index in [4.69, 9.17) is 5.73 Å². The van der Waals surface area contributed by atoms with Gasteiger partial charge in [0, 0.05) is 23.4 Å². The van der Waals surface area contributed by atoms with Gasteiger partial charge < -0.3 is 5.73 Å². The lowest BCUT2D eigenvalue weighted by Gasteiger charge is -2.11. The molecule has 0 aliphatic carbocycles. The second-order valence-electron chi connectivity index (χ2n) is 4.62. The van der Waals surface area contributed by atoms with Crippen molar-refractivity contribution in [2.75, 3.05) is 6.54 Å². The number of aromatic nitrogens is 1. The molecule has 0 saturated heterocycles. The van der Waals surface area contributed by atoms with Crippen LogP contribution in [0.3, 0.4) is 0 Å². The van der Waals surface area contributed by atoms with Gasteiger partial charge in [-0.25, -0.2) is 4.98 Å². The number of nitrogens with zero attached hydrogens (tertiary/aromatic N) is 1. The molecule has 2 nitrogen and oxygen atoms in total. The van der Waals surface area contributed by atoms with E-state index < -0.39 is 11.7 Å². The maximum atomic E-state index is 12.9. The van der Waals surface area contributed by atoms with Crippen LogP contribution in [0.25, 0.3) is 0 Å². The van der Waals surface area contributed by atoms with Gasteiger partial charge in [0.15, 0.2) is 0 Å². The summed E-state index contributed by atoms with van der Waals surface area (Å²) in [5.74, 6) is 0.180. The monoisotopic (exact) mass is 300 g/mol. The lowest BCUT2D eigenvalue weighted by molar-refractivity contribution is -0.138. The first-order valence-electron chi connectivity index (χ1n) is 6.21. The van der Waals surface area contributed by atoms with Gasteiger partial charge in [-0.2, -0.15) is 13.2 Å². The van der Waals surface area contributed by atoms with Gasteiger partial charge in [0.2, 0.25) is 0 Å². The molecule has 2 aromatic rings. The van der Waals surface area contributed by atoms with Crippen molar-refractivity contribution in [3.05, 3.63) is 51.5 Å². The predicted octanol–water partition coefficient (Wildman–Crippen LogP) is 3.81. The normalized spacial score (nSPS) is 13.4. The molecular formula is C14H15F3N2S. The average molecular weight is 300 g/mol. The quantitative estimate of drug-likeness (QED) is 0.932. The first-order chi connectivity index (χ1) is 9.41. The first-order valence-corrected chi connectivity index (χ1v) is 7.03. The summed E-state index contributed by atoms with van der Waals surface area (Å²) in [6.45, 7) is 2.47. The highest BCUT2D eigenvalue weighted by Crippen LogP contribution is 2.33. The van der Waals surface area contributed by atoms with Crippen LogP contribution in [0.1, 0.15) is 33.9 Å². The number of alkyl halides is 3. The van der Waals surface area contributed by atoms with E-state index in [2.05, 4.69) is 4.98 Å². The van der Waals surface area contributed by atoms with Crippen LogP contribution in [0.4, 0.5) is 13.2 Å². The predicted molar refractivity (Wildman–Crippen MR) is 73.8 cm³/mol. The Balaban J connectivity index is 2.25. The molecule has 6 heteroatoms. The molecule has 2 rings (SSSR count). The minimum absolute atomic E-state index is 0.180. The molecule has 1 heterocycles. The van der Waals surface area contributed by atoms with Crippen LogP contribution < -0.4 is 5.73 Å². The van der Waals surface area contributed by atoms with Gasteiger partial charge >= 0.3 is 6.18 Å². The Morgan fingerprint density at radius 2 is 2.00 bits per heavy atom. The second-order valence-corrected chi connectivity index (χ2v) is 5.77. The number of benzene rings is 1. The third-order valence-electron chi connectivity index (χ3n) is 3.08. The van der Waals surface area contributed by atoms with E-state index in [-0.39, 0.29) is 17.9 Å². The maximum Gasteiger partial charge on any atom is 0.416 e. The molecule has 0 aliphatic rings. The Labute approximate surface area is 119 Å². The topological polar surface area (TPSA) is 38.9 Å². The van der Waals surface area contributed by atoms with Crippen molar-refractivity contribution in [1.82, 2.24) is 4.98 Å². The zero-order chi connectivity index (χ0) is 14.8. The number of halogens is 3. The van der Waals surface area contributed by atoms with Crippen molar-refractivity contribution in [2.45, 2.75) is 25.4 Å². The molecule has 0 aliphatic heterocycles. The van der Waals surface area contributed by atoms with Crippen LogP contribution >= 0.6 is 11.3 Å². The summed E-state index contributed by atoms with van der Waals surface area (Å²) in [6, 6.07) is 5.61. The third kappa shape index (κ3) is 3.37. The maximum absolute atomic E-state index is 12.9. The molecule has 1 aromatic carbocycles. The lowest BCUT2D eigenvalue weighted by Crippen LogP contribution is -2.09. The molecule has 0 amide bonds. The highest BCUT2D eigenvalue weighted by molar-refractivity contribution is 7.11. The van der Waals surface area contributed by atoms with Gasteiger partial charge in [-0.15, -0.1) is 11.3 Å². The fourth-order valence-electron chi connectivity index (χ4n) is 1.86. The van der Waals surface area contributed by atoms with E-state index in [0.717, 1.165) is 10.9 Å². The van der Waals surface area contributed by atoms with Crippen LogP contribution in [0.5, 0.6) is 0 Å². The molecule has 1 unspecified atom stereocenters. The summed E-state index contributed by atoms with van der Waals surface area (Å²) in [4.78, 5) is 5.21. The lowest BCUT2D eigenvalue weighted by atomic mass is 10.0. The van der Waals surface area contributed by atoms with Crippen LogP contribution in [-0.4, -0.2) is 11.5 Å². The molecule has 108 valence electrons. The minimum Gasteiger partial charge on any atom is -0.330 e. The Bertz CT molecular complexity index is 578. The van der Waals surface area contributed by atoms with E-state index in [1.165, 1.54) is 23.5 Å². The van der Waals surface area contributed by atoms with Crippen molar-refractivity contribution in [2.24, 2.45) is 5.73 Å². The summed E-state index contributed by atoms with van der Waals surface area (Å²) in [5.41, 5.74) is 5.23. The van der Waals surface area contributed by atoms with Crippen molar-refractivity contribution in [3.63, 3.8) is 0 Å². The van der Waals surface area contributed by atoms with Gasteiger partial charge in [0.05, 0.1) is 10.6 Å². The first kappa shape index (κ1) is 15.0. The minimum atomic E-state index is -4.33. The largest absolute Gasteiger partial charge is 0.416 e. The Hall–Kier alpha value is -1.40. The molecule has 20 heavy (non-hydrogen) atoms. The number of hydrogen-bond donors (Lipinski definition) is 1. The Morgan fingerprint density at radius 3 is 2.65 bits per heavy atom. The standard InChI is InChI=1S/C14H15F3N2S/c1-9(7-18)12-8-19-13(20-12)6-10-4-2-3-5-11(10)14(15,16)17/h2-5,8-9H,6-7,18H2,1H3. The van der Waals surface area contributed by atoms with E-state index >= 15 is 0 Å². The van der Waals surface area contributed by atoms with Crippen LogP contribution in [0.15, 0.2) is 30.5 Å². The van der Waals surface area contributed by atoms with Gasteiger partial charge in [-0.05, 0) is 18.2 Å². The van der Waals surface area contributed by atoms with E-state index in [0.29, 0.717) is 11.6 Å². The summed E-state index contributed by atoms with van der Waals surface area (Å²) in [5, 5.41) is 0.678. The third-order valence-corrected chi connectivity index (χ3v) is 4.30. The van der Waals surface area contributed by atoms with E-state index in [1.807, 2.05) is 6.92 Å². The molecule has 1 aromatic heterocycles. The zero-order valence-electron chi connectivity index (χ0n) is 10.9.